The van der Waals surface area contributed by atoms with Crippen molar-refractivity contribution in [3.63, 3.8) is 0 Å². The summed E-state index contributed by atoms with van der Waals surface area (Å²) in [5, 5.41) is 8.27. The highest BCUT2D eigenvalue weighted by molar-refractivity contribution is 5.74. The molecule has 0 aliphatic carbocycles. The Bertz CT molecular complexity index is 144. The first-order valence-electron chi connectivity index (χ1n) is 2.26. The zero-order valence-corrected chi connectivity index (χ0v) is 4.40. The maximum atomic E-state index is 10.1. The predicted octanol–water partition coefficient (Wildman–Crippen LogP) is -0.580. The van der Waals surface area contributed by atoms with Crippen LogP contribution in [0.25, 0.3) is 0 Å². The van der Waals surface area contributed by atoms with E-state index in [-0.39, 0.29) is 0 Å². The van der Waals surface area contributed by atoms with Crippen molar-refractivity contribution in [1.29, 1.82) is 0 Å². The minimum atomic E-state index is -1.05. The van der Waals surface area contributed by atoms with Crippen LogP contribution in [-0.4, -0.2) is 17.2 Å². The number of carboxylic acid groups (broad SMARTS) is 1. The van der Waals surface area contributed by atoms with E-state index in [1.165, 1.54) is 12.3 Å². The molecule has 0 radical (unpaired) electrons. The highest BCUT2D eigenvalue weighted by Crippen LogP contribution is 1.96. The van der Waals surface area contributed by atoms with Crippen molar-refractivity contribution in [3.05, 3.63) is 12.3 Å². The van der Waals surface area contributed by atoms with Crippen LogP contribution in [0.15, 0.2) is 12.3 Å². The van der Waals surface area contributed by atoms with Gasteiger partial charge in [-0.2, -0.15) is 0 Å². The van der Waals surface area contributed by atoms with Crippen LogP contribution in [0.4, 0.5) is 0 Å². The molecule has 0 fully saturated rings. The number of hydrogen-bond donors (Lipinski definition) is 2. The Kier molecular flexibility index (Phi) is 1.66. The average Bonchev–Trinajstić information content (AvgIpc) is 1.90. The van der Waals surface area contributed by atoms with Crippen LogP contribution in [0.3, 0.4) is 0 Å². The number of carboxylic acids is 1. The fourth-order valence-corrected chi connectivity index (χ4v) is 0.390. The summed E-state index contributed by atoms with van der Waals surface area (Å²) in [5.41, 5.74) is 1.95. The van der Waals surface area contributed by atoms with Crippen LogP contribution in [0, 0.1) is 0 Å². The van der Waals surface area contributed by atoms with Gasteiger partial charge in [0.15, 0.2) is 0 Å². The van der Waals surface area contributed by atoms with Gasteiger partial charge in [0.05, 0.1) is 0 Å². The molecular formula is C4H5NO4. The molecule has 0 spiro atoms. The molecule has 1 aliphatic heterocycles. The van der Waals surface area contributed by atoms with Crippen molar-refractivity contribution < 1.29 is 19.6 Å². The first-order chi connectivity index (χ1) is 4.30. The van der Waals surface area contributed by atoms with Crippen LogP contribution in [-0.2, 0) is 14.5 Å². The van der Waals surface area contributed by atoms with Crippen molar-refractivity contribution in [2.45, 2.75) is 6.10 Å². The highest BCUT2D eigenvalue weighted by Gasteiger charge is 2.17. The lowest BCUT2D eigenvalue weighted by Gasteiger charge is -2.12. The Morgan fingerprint density at radius 2 is 2.56 bits per heavy atom. The zero-order chi connectivity index (χ0) is 6.69. The smallest absolute Gasteiger partial charge is 0.339 e. The number of rotatable bonds is 1. The van der Waals surface area contributed by atoms with Crippen LogP contribution < -0.4 is 5.64 Å². The van der Waals surface area contributed by atoms with Gasteiger partial charge >= 0.3 is 5.97 Å². The summed E-state index contributed by atoms with van der Waals surface area (Å²) in [6.07, 6.45) is 1.54. The molecule has 2 N–H and O–H groups in total. The van der Waals surface area contributed by atoms with E-state index in [0.29, 0.717) is 0 Å². The molecule has 1 rings (SSSR count). The van der Waals surface area contributed by atoms with E-state index in [2.05, 4.69) is 9.68 Å². The second kappa shape index (κ2) is 2.47. The lowest BCUT2D eigenvalue weighted by atomic mass is 10.3. The molecule has 50 valence electrons. The van der Waals surface area contributed by atoms with E-state index in [1.54, 1.807) is 0 Å². The van der Waals surface area contributed by atoms with Gasteiger partial charge in [-0.25, -0.2) is 9.63 Å². The molecule has 0 amide bonds. The molecule has 1 unspecified atom stereocenters. The van der Waals surface area contributed by atoms with Crippen molar-refractivity contribution in [2.24, 2.45) is 0 Å². The third kappa shape index (κ3) is 1.41. The molecule has 0 aromatic rings. The highest BCUT2D eigenvalue weighted by atomic mass is 16.9. The Hall–Kier alpha value is -1.07. The number of nitrogens with one attached hydrogen (secondary N) is 1. The summed E-state index contributed by atoms with van der Waals surface area (Å²) >= 11 is 0. The van der Waals surface area contributed by atoms with Gasteiger partial charge in [-0.15, -0.1) is 0 Å². The van der Waals surface area contributed by atoms with Gasteiger partial charge in [-0.05, 0) is 11.7 Å². The summed E-state index contributed by atoms with van der Waals surface area (Å²) in [5.74, 6) is -1.05. The number of hydrogen-bond acceptors (Lipinski definition) is 4. The van der Waals surface area contributed by atoms with Gasteiger partial charge in [0, 0.05) is 0 Å². The van der Waals surface area contributed by atoms with Crippen molar-refractivity contribution >= 4 is 5.97 Å². The van der Waals surface area contributed by atoms with Crippen molar-refractivity contribution in [2.75, 3.05) is 0 Å². The fourth-order valence-electron chi connectivity index (χ4n) is 0.390. The quantitative estimate of drug-likeness (QED) is 0.498. The van der Waals surface area contributed by atoms with Gasteiger partial charge in [-0.3, -0.25) is 0 Å². The molecule has 0 saturated carbocycles. The number of carbonyl (C=O) groups is 1. The van der Waals surface area contributed by atoms with Gasteiger partial charge < -0.3 is 9.94 Å². The average molecular weight is 131 g/mol. The molecule has 1 atom stereocenters. The molecule has 0 saturated heterocycles. The summed E-state index contributed by atoms with van der Waals surface area (Å²) in [6.45, 7) is 0. The molecule has 1 aliphatic rings. The Morgan fingerprint density at radius 1 is 1.78 bits per heavy atom. The molecule has 0 aromatic carbocycles. The topological polar surface area (TPSA) is 67.8 Å². The van der Waals surface area contributed by atoms with E-state index in [1.807, 2.05) is 5.64 Å². The summed E-state index contributed by atoms with van der Waals surface area (Å²) in [4.78, 5) is 18.8. The normalized spacial score (nSPS) is 25.1. The predicted molar refractivity (Wildman–Crippen MR) is 25.9 cm³/mol. The third-order valence-electron chi connectivity index (χ3n) is 0.788. The van der Waals surface area contributed by atoms with Crippen LogP contribution in [0.5, 0.6) is 0 Å². The lowest BCUT2D eigenvalue weighted by molar-refractivity contribution is -0.190. The second-order valence-electron chi connectivity index (χ2n) is 1.41. The number of aliphatic carboxylic acids is 1. The fraction of sp³-hybridized carbons (Fsp3) is 0.250. The Labute approximate surface area is 50.8 Å². The molecule has 5 heteroatoms. The molecule has 0 bridgehead atoms. The van der Waals surface area contributed by atoms with E-state index in [4.69, 9.17) is 5.11 Å². The van der Waals surface area contributed by atoms with E-state index in [9.17, 15) is 4.79 Å². The molecule has 0 aromatic heterocycles. The van der Waals surface area contributed by atoms with E-state index >= 15 is 0 Å². The zero-order valence-electron chi connectivity index (χ0n) is 4.40. The first kappa shape index (κ1) is 6.06. The Morgan fingerprint density at radius 3 is 2.89 bits per heavy atom. The van der Waals surface area contributed by atoms with Crippen molar-refractivity contribution in [1.82, 2.24) is 5.64 Å². The van der Waals surface area contributed by atoms with E-state index in [0.717, 1.165) is 0 Å². The SMILES string of the molecule is O=C(O)C1C=CONO1. The van der Waals surface area contributed by atoms with Gasteiger partial charge in [0.25, 0.3) is 0 Å². The molecule has 1 heterocycles. The molecule has 5 nitrogen and oxygen atoms in total. The monoisotopic (exact) mass is 131 g/mol. The lowest BCUT2D eigenvalue weighted by Crippen LogP contribution is -2.31. The molecule has 9 heavy (non-hydrogen) atoms. The largest absolute Gasteiger partial charge is 0.479 e. The minimum Gasteiger partial charge on any atom is -0.479 e. The van der Waals surface area contributed by atoms with Gasteiger partial charge in [0.1, 0.15) is 6.26 Å². The summed E-state index contributed by atoms with van der Waals surface area (Å²) < 4.78 is 0. The third-order valence-corrected chi connectivity index (χ3v) is 0.788. The van der Waals surface area contributed by atoms with Gasteiger partial charge in [0.2, 0.25) is 6.10 Å². The van der Waals surface area contributed by atoms with Crippen LogP contribution >= 0.6 is 0 Å². The standard InChI is InChI=1S/C4H5NO4/c6-4(7)3-1-2-8-5-9-3/h1-3,5H,(H,6,7). The maximum absolute atomic E-state index is 10.1. The molecular weight excluding hydrogens is 126 g/mol. The van der Waals surface area contributed by atoms with Crippen LogP contribution in [0.2, 0.25) is 0 Å². The summed E-state index contributed by atoms with van der Waals surface area (Å²) in [6, 6.07) is 0. The summed E-state index contributed by atoms with van der Waals surface area (Å²) in [7, 11) is 0. The Balaban J connectivity index is 2.50. The van der Waals surface area contributed by atoms with Crippen LogP contribution in [0.1, 0.15) is 0 Å². The minimum absolute atomic E-state index is 0.946. The van der Waals surface area contributed by atoms with E-state index < -0.39 is 12.1 Å². The maximum Gasteiger partial charge on any atom is 0.339 e. The second-order valence-corrected chi connectivity index (χ2v) is 1.41. The first-order valence-corrected chi connectivity index (χ1v) is 2.26. The van der Waals surface area contributed by atoms with Crippen molar-refractivity contribution in [3.8, 4) is 0 Å². The van der Waals surface area contributed by atoms with Gasteiger partial charge in [-0.1, -0.05) is 0 Å².